The van der Waals surface area contributed by atoms with Crippen molar-refractivity contribution in [2.75, 3.05) is 18.0 Å². The minimum atomic E-state index is 0.131. The highest BCUT2D eigenvalue weighted by atomic mass is 16.2. The summed E-state index contributed by atoms with van der Waals surface area (Å²) in [6, 6.07) is 8.17. The van der Waals surface area contributed by atoms with Crippen LogP contribution in [0.4, 0.5) is 5.69 Å². The van der Waals surface area contributed by atoms with Crippen molar-refractivity contribution in [3.63, 3.8) is 0 Å². The predicted molar refractivity (Wildman–Crippen MR) is 82.0 cm³/mol. The van der Waals surface area contributed by atoms with E-state index in [1.54, 1.807) is 4.68 Å². The largest absolute Gasteiger partial charge is 0.311 e. The minimum Gasteiger partial charge on any atom is -0.311 e. The van der Waals surface area contributed by atoms with E-state index in [1.807, 2.05) is 42.5 Å². The molecule has 110 valence electrons. The first kappa shape index (κ1) is 13.8. The number of anilines is 1. The standard InChI is InChI=1S/C16H20N4O/c1-19-12-13(10-18-19)9-17-11-16(21)20-8-4-6-14-5-2-3-7-15(14)20/h2-3,5,7,10,12,17H,4,6,8-9,11H2,1H3. The molecule has 0 unspecified atom stereocenters. The molecule has 21 heavy (non-hydrogen) atoms. The molecule has 1 aromatic carbocycles. The van der Waals surface area contributed by atoms with E-state index in [1.165, 1.54) is 5.56 Å². The van der Waals surface area contributed by atoms with Gasteiger partial charge in [0.15, 0.2) is 0 Å². The zero-order chi connectivity index (χ0) is 14.7. The maximum absolute atomic E-state index is 12.4. The number of benzene rings is 1. The molecule has 5 heteroatoms. The molecule has 0 radical (unpaired) electrons. The Hall–Kier alpha value is -2.14. The van der Waals surface area contributed by atoms with Gasteiger partial charge in [0.1, 0.15) is 0 Å². The van der Waals surface area contributed by atoms with Crippen LogP contribution in [0.25, 0.3) is 0 Å². The molecule has 1 N–H and O–H groups in total. The summed E-state index contributed by atoms with van der Waals surface area (Å²) < 4.78 is 1.76. The van der Waals surface area contributed by atoms with E-state index in [-0.39, 0.29) is 5.91 Å². The summed E-state index contributed by atoms with van der Waals surface area (Å²) >= 11 is 0. The summed E-state index contributed by atoms with van der Waals surface area (Å²) in [5.41, 5.74) is 3.42. The Balaban J connectivity index is 1.59. The third kappa shape index (κ3) is 3.13. The summed E-state index contributed by atoms with van der Waals surface area (Å²) in [6.45, 7) is 1.82. The zero-order valence-corrected chi connectivity index (χ0v) is 12.2. The van der Waals surface area contributed by atoms with Gasteiger partial charge in [-0.1, -0.05) is 18.2 Å². The Labute approximate surface area is 124 Å². The number of nitrogens with one attached hydrogen (secondary N) is 1. The fraction of sp³-hybridized carbons (Fsp3) is 0.375. The molecule has 0 aliphatic carbocycles. The summed E-state index contributed by atoms with van der Waals surface area (Å²) in [5, 5.41) is 7.31. The topological polar surface area (TPSA) is 50.2 Å². The van der Waals surface area contributed by atoms with Gasteiger partial charge < -0.3 is 10.2 Å². The van der Waals surface area contributed by atoms with Crippen molar-refractivity contribution in [1.82, 2.24) is 15.1 Å². The first-order valence-corrected chi connectivity index (χ1v) is 7.30. The number of nitrogens with zero attached hydrogens (tertiary/aromatic N) is 3. The Kier molecular flexibility index (Phi) is 4.01. The molecule has 3 rings (SSSR count). The normalized spacial score (nSPS) is 14.0. The van der Waals surface area contributed by atoms with Crippen molar-refractivity contribution in [3.05, 3.63) is 47.8 Å². The second-order valence-electron chi connectivity index (χ2n) is 5.40. The maximum atomic E-state index is 12.4. The van der Waals surface area contributed by atoms with Gasteiger partial charge in [-0.2, -0.15) is 5.10 Å². The fourth-order valence-electron chi connectivity index (χ4n) is 2.77. The highest BCUT2D eigenvalue weighted by Crippen LogP contribution is 2.26. The molecule has 0 saturated heterocycles. The highest BCUT2D eigenvalue weighted by molar-refractivity contribution is 5.95. The molecular formula is C16H20N4O. The number of hydrogen-bond donors (Lipinski definition) is 1. The van der Waals surface area contributed by atoms with Crippen molar-refractivity contribution in [3.8, 4) is 0 Å². The van der Waals surface area contributed by atoms with E-state index in [0.29, 0.717) is 13.1 Å². The van der Waals surface area contributed by atoms with Crippen LogP contribution in [0.15, 0.2) is 36.7 Å². The molecule has 1 aliphatic rings. The van der Waals surface area contributed by atoms with Gasteiger partial charge in [-0.3, -0.25) is 9.48 Å². The van der Waals surface area contributed by atoms with Crippen molar-refractivity contribution in [2.45, 2.75) is 19.4 Å². The lowest BCUT2D eigenvalue weighted by Crippen LogP contribution is -2.41. The van der Waals surface area contributed by atoms with Crippen LogP contribution in [0.1, 0.15) is 17.5 Å². The average molecular weight is 284 g/mol. The van der Waals surface area contributed by atoms with Gasteiger partial charge in [-0.25, -0.2) is 0 Å². The van der Waals surface area contributed by atoms with Crippen LogP contribution in [-0.2, 0) is 24.8 Å². The third-order valence-corrected chi connectivity index (χ3v) is 3.78. The first-order chi connectivity index (χ1) is 10.2. The number of rotatable bonds is 4. The molecule has 0 fully saturated rings. The number of amides is 1. The second kappa shape index (κ2) is 6.10. The molecule has 0 bridgehead atoms. The lowest BCUT2D eigenvalue weighted by molar-refractivity contribution is -0.117. The smallest absolute Gasteiger partial charge is 0.240 e. The van der Waals surface area contributed by atoms with Crippen LogP contribution in [0.2, 0.25) is 0 Å². The molecule has 2 heterocycles. The lowest BCUT2D eigenvalue weighted by atomic mass is 10.0. The summed E-state index contributed by atoms with van der Waals surface area (Å²) in [6.07, 6.45) is 5.86. The van der Waals surface area contributed by atoms with E-state index in [0.717, 1.165) is 30.6 Å². The quantitative estimate of drug-likeness (QED) is 0.925. The number of carbonyl (C=O) groups excluding carboxylic acids is 1. The molecule has 1 amide bonds. The van der Waals surface area contributed by atoms with Gasteiger partial charge in [-0.15, -0.1) is 0 Å². The molecule has 1 aromatic heterocycles. The van der Waals surface area contributed by atoms with E-state index >= 15 is 0 Å². The van der Waals surface area contributed by atoms with Crippen LogP contribution in [0.5, 0.6) is 0 Å². The van der Waals surface area contributed by atoms with Gasteiger partial charge in [0.25, 0.3) is 0 Å². The van der Waals surface area contributed by atoms with Crippen molar-refractivity contribution >= 4 is 11.6 Å². The zero-order valence-electron chi connectivity index (χ0n) is 12.2. The number of carbonyl (C=O) groups is 1. The average Bonchev–Trinajstić information content (AvgIpc) is 2.92. The van der Waals surface area contributed by atoms with Gasteiger partial charge in [-0.05, 0) is 24.5 Å². The fourth-order valence-corrected chi connectivity index (χ4v) is 2.77. The Morgan fingerprint density at radius 3 is 3.05 bits per heavy atom. The van der Waals surface area contributed by atoms with Gasteiger partial charge in [0.2, 0.25) is 5.91 Å². The van der Waals surface area contributed by atoms with E-state index in [4.69, 9.17) is 0 Å². The minimum absolute atomic E-state index is 0.131. The van der Waals surface area contributed by atoms with Crippen LogP contribution in [0, 0.1) is 0 Å². The van der Waals surface area contributed by atoms with E-state index in [2.05, 4.69) is 16.5 Å². The monoisotopic (exact) mass is 284 g/mol. The molecule has 0 atom stereocenters. The Morgan fingerprint density at radius 1 is 1.38 bits per heavy atom. The van der Waals surface area contributed by atoms with Crippen molar-refractivity contribution < 1.29 is 4.79 Å². The summed E-state index contributed by atoms with van der Waals surface area (Å²) in [7, 11) is 1.89. The number of aromatic nitrogens is 2. The Morgan fingerprint density at radius 2 is 2.24 bits per heavy atom. The molecule has 1 aliphatic heterocycles. The van der Waals surface area contributed by atoms with Crippen molar-refractivity contribution in [1.29, 1.82) is 0 Å². The van der Waals surface area contributed by atoms with Crippen molar-refractivity contribution in [2.24, 2.45) is 7.05 Å². The summed E-state index contributed by atoms with van der Waals surface area (Å²) in [4.78, 5) is 14.3. The number of para-hydroxylation sites is 1. The molecule has 2 aromatic rings. The SMILES string of the molecule is Cn1cc(CNCC(=O)N2CCCc3ccccc32)cn1. The summed E-state index contributed by atoms with van der Waals surface area (Å²) in [5.74, 6) is 0.131. The number of fused-ring (bicyclic) bond motifs is 1. The molecule has 0 saturated carbocycles. The molecule has 5 nitrogen and oxygen atoms in total. The predicted octanol–water partition coefficient (Wildman–Crippen LogP) is 1.49. The number of aryl methyl sites for hydroxylation is 2. The van der Waals surface area contributed by atoms with Crippen LogP contribution >= 0.6 is 0 Å². The van der Waals surface area contributed by atoms with Crippen LogP contribution in [0.3, 0.4) is 0 Å². The van der Waals surface area contributed by atoms with Gasteiger partial charge in [0, 0.05) is 37.6 Å². The third-order valence-electron chi connectivity index (χ3n) is 3.78. The first-order valence-electron chi connectivity index (χ1n) is 7.30. The lowest BCUT2D eigenvalue weighted by Gasteiger charge is -2.29. The molecule has 0 spiro atoms. The van der Waals surface area contributed by atoms with Crippen LogP contribution in [-0.4, -0.2) is 28.8 Å². The maximum Gasteiger partial charge on any atom is 0.240 e. The van der Waals surface area contributed by atoms with E-state index < -0.39 is 0 Å². The molecular weight excluding hydrogens is 264 g/mol. The van der Waals surface area contributed by atoms with Gasteiger partial charge >= 0.3 is 0 Å². The van der Waals surface area contributed by atoms with Crippen LogP contribution < -0.4 is 10.2 Å². The Bertz CT molecular complexity index is 635. The second-order valence-corrected chi connectivity index (χ2v) is 5.40. The van der Waals surface area contributed by atoms with Gasteiger partial charge in [0.05, 0.1) is 12.7 Å². The number of hydrogen-bond acceptors (Lipinski definition) is 3. The van der Waals surface area contributed by atoms with E-state index in [9.17, 15) is 4.79 Å². The highest BCUT2D eigenvalue weighted by Gasteiger charge is 2.21.